The number of benzene rings is 1. The van der Waals surface area contributed by atoms with Gasteiger partial charge in [-0.15, -0.1) is 0 Å². The standard InChI is InChI=1S/C15H18N4O2/c20-14-10-18(8-3-7-16-14)15(21)6-9-19-11-17-12-4-1-2-5-13(12)19/h1-2,4-5,11H,3,6-10H2,(H,16,20). The number of carbonyl (C=O) groups excluding carboxylic acids is 2. The topological polar surface area (TPSA) is 67.2 Å². The number of hydrogen-bond acceptors (Lipinski definition) is 3. The lowest BCUT2D eigenvalue weighted by Crippen LogP contribution is -2.37. The van der Waals surface area contributed by atoms with Crippen LogP contribution in [0.5, 0.6) is 0 Å². The number of carbonyl (C=O) groups is 2. The summed E-state index contributed by atoms with van der Waals surface area (Å²) in [6, 6.07) is 7.85. The molecule has 2 amide bonds. The van der Waals surface area contributed by atoms with Gasteiger partial charge in [-0.3, -0.25) is 9.59 Å². The lowest BCUT2D eigenvalue weighted by molar-refractivity contribution is -0.135. The van der Waals surface area contributed by atoms with Crippen molar-refractivity contribution >= 4 is 22.8 Å². The van der Waals surface area contributed by atoms with Gasteiger partial charge in [0.2, 0.25) is 11.8 Å². The number of nitrogens with zero attached hydrogens (tertiary/aromatic N) is 3. The second-order valence-corrected chi connectivity index (χ2v) is 5.20. The largest absolute Gasteiger partial charge is 0.354 e. The zero-order valence-corrected chi connectivity index (χ0v) is 11.8. The fourth-order valence-corrected chi connectivity index (χ4v) is 2.58. The normalized spacial score (nSPS) is 15.8. The Morgan fingerprint density at radius 2 is 2.19 bits per heavy atom. The molecule has 1 aromatic heterocycles. The summed E-state index contributed by atoms with van der Waals surface area (Å²) in [7, 11) is 0. The molecule has 0 unspecified atom stereocenters. The highest BCUT2D eigenvalue weighted by molar-refractivity contribution is 5.85. The van der Waals surface area contributed by atoms with E-state index in [0.717, 1.165) is 17.5 Å². The van der Waals surface area contributed by atoms with Crippen molar-refractivity contribution in [2.45, 2.75) is 19.4 Å². The van der Waals surface area contributed by atoms with E-state index < -0.39 is 0 Å². The van der Waals surface area contributed by atoms with Crippen molar-refractivity contribution in [3.05, 3.63) is 30.6 Å². The molecule has 1 N–H and O–H groups in total. The first-order valence-corrected chi connectivity index (χ1v) is 7.18. The highest BCUT2D eigenvalue weighted by Gasteiger charge is 2.19. The van der Waals surface area contributed by atoms with Crippen molar-refractivity contribution in [2.24, 2.45) is 0 Å². The molecule has 1 fully saturated rings. The van der Waals surface area contributed by atoms with Gasteiger partial charge < -0.3 is 14.8 Å². The Morgan fingerprint density at radius 1 is 1.33 bits per heavy atom. The van der Waals surface area contributed by atoms with Gasteiger partial charge in [-0.05, 0) is 18.6 Å². The second-order valence-electron chi connectivity index (χ2n) is 5.20. The third-order valence-corrected chi connectivity index (χ3v) is 3.71. The molecule has 0 aliphatic carbocycles. The Bertz CT molecular complexity index is 664. The van der Waals surface area contributed by atoms with Crippen molar-refractivity contribution in [3.8, 4) is 0 Å². The van der Waals surface area contributed by atoms with Crippen LogP contribution in [0.3, 0.4) is 0 Å². The lowest BCUT2D eigenvalue weighted by Gasteiger charge is -2.19. The van der Waals surface area contributed by atoms with Crippen LogP contribution >= 0.6 is 0 Å². The van der Waals surface area contributed by atoms with Gasteiger partial charge >= 0.3 is 0 Å². The summed E-state index contributed by atoms with van der Waals surface area (Å²) in [5, 5.41) is 2.78. The molecule has 1 aliphatic rings. The van der Waals surface area contributed by atoms with Crippen LogP contribution in [0.1, 0.15) is 12.8 Å². The molecule has 0 radical (unpaired) electrons. The molecule has 0 bridgehead atoms. The first-order valence-electron chi connectivity index (χ1n) is 7.18. The van der Waals surface area contributed by atoms with Crippen LogP contribution in [0.4, 0.5) is 0 Å². The number of imidazole rings is 1. The van der Waals surface area contributed by atoms with Gasteiger partial charge in [0.1, 0.15) is 0 Å². The first kappa shape index (κ1) is 13.6. The van der Waals surface area contributed by atoms with E-state index >= 15 is 0 Å². The molecule has 0 spiro atoms. The van der Waals surface area contributed by atoms with Crippen LogP contribution in [0.15, 0.2) is 30.6 Å². The van der Waals surface area contributed by atoms with Crippen LogP contribution < -0.4 is 5.32 Å². The quantitative estimate of drug-likeness (QED) is 0.906. The number of amides is 2. The minimum absolute atomic E-state index is 0.0184. The maximum absolute atomic E-state index is 12.2. The Morgan fingerprint density at radius 3 is 3.10 bits per heavy atom. The summed E-state index contributed by atoms with van der Waals surface area (Å²) in [5.74, 6) is -0.0567. The Balaban J connectivity index is 1.64. The minimum atomic E-state index is -0.0751. The maximum Gasteiger partial charge on any atom is 0.239 e. The highest BCUT2D eigenvalue weighted by atomic mass is 16.2. The van der Waals surface area contributed by atoms with Crippen molar-refractivity contribution in [1.82, 2.24) is 19.8 Å². The monoisotopic (exact) mass is 286 g/mol. The number of hydrogen-bond donors (Lipinski definition) is 1. The molecule has 1 aromatic carbocycles. The molecule has 0 atom stereocenters. The van der Waals surface area contributed by atoms with Crippen LogP contribution in [-0.4, -0.2) is 45.9 Å². The lowest BCUT2D eigenvalue weighted by atomic mass is 10.3. The number of nitrogens with one attached hydrogen (secondary N) is 1. The molecule has 110 valence electrons. The summed E-state index contributed by atoms with van der Waals surface area (Å²) in [6.07, 6.45) is 2.95. The van der Waals surface area contributed by atoms with Gasteiger partial charge in [-0.25, -0.2) is 4.98 Å². The van der Waals surface area contributed by atoms with Crippen LogP contribution in [0.2, 0.25) is 0 Å². The first-order chi connectivity index (χ1) is 10.2. The summed E-state index contributed by atoms with van der Waals surface area (Å²) in [6.45, 7) is 2.04. The van der Waals surface area contributed by atoms with Crippen LogP contribution in [0.25, 0.3) is 11.0 Å². The van der Waals surface area contributed by atoms with E-state index in [1.807, 2.05) is 28.8 Å². The third kappa shape index (κ3) is 3.04. The predicted molar refractivity (Wildman–Crippen MR) is 78.6 cm³/mol. The SMILES string of the molecule is O=C1CN(C(=O)CCn2cnc3ccccc32)CCCN1. The van der Waals surface area contributed by atoms with Gasteiger partial charge in [-0.2, -0.15) is 0 Å². The van der Waals surface area contributed by atoms with E-state index in [2.05, 4.69) is 10.3 Å². The number of aromatic nitrogens is 2. The Labute approximate surface area is 122 Å². The number of aryl methyl sites for hydroxylation is 1. The van der Waals surface area contributed by atoms with Crippen molar-refractivity contribution in [3.63, 3.8) is 0 Å². The zero-order valence-electron chi connectivity index (χ0n) is 11.8. The van der Waals surface area contributed by atoms with E-state index in [0.29, 0.717) is 26.1 Å². The number of fused-ring (bicyclic) bond motifs is 1. The molecule has 2 aromatic rings. The van der Waals surface area contributed by atoms with Crippen molar-refractivity contribution in [1.29, 1.82) is 0 Å². The smallest absolute Gasteiger partial charge is 0.239 e. The molecule has 3 rings (SSSR count). The molecular formula is C15H18N4O2. The van der Waals surface area contributed by atoms with Gasteiger partial charge in [0.15, 0.2) is 0 Å². The van der Waals surface area contributed by atoms with E-state index in [9.17, 15) is 9.59 Å². The molecule has 1 saturated heterocycles. The third-order valence-electron chi connectivity index (χ3n) is 3.71. The minimum Gasteiger partial charge on any atom is -0.354 e. The molecular weight excluding hydrogens is 268 g/mol. The molecule has 1 aliphatic heterocycles. The predicted octanol–water partition coefficient (Wildman–Crippen LogP) is 0.775. The Kier molecular flexibility index (Phi) is 3.85. The van der Waals surface area contributed by atoms with Gasteiger partial charge in [-0.1, -0.05) is 12.1 Å². The second kappa shape index (κ2) is 5.95. The maximum atomic E-state index is 12.2. The van der Waals surface area contributed by atoms with Crippen LogP contribution in [0, 0.1) is 0 Å². The Hall–Kier alpha value is -2.37. The number of para-hydroxylation sites is 2. The average Bonchev–Trinajstić information content (AvgIpc) is 2.78. The molecule has 6 heteroatoms. The van der Waals surface area contributed by atoms with Gasteiger partial charge in [0.25, 0.3) is 0 Å². The van der Waals surface area contributed by atoms with Crippen molar-refractivity contribution in [2.75, 3.05) is 19.6 Å². The van der Waals surface area contributed by atoms with Crippen LogP contribution in [-0.2, 0) is 16.1 Å². The van der Waals surface area contributed by atoms with Crippen molar-refractivity contribution < 1.29 is 9.59 Å². The fraction of sp³-hybridized carbons (Fsp3) is 0.400. The van der Waals surface area contributed by atoms with Gasteiger partial charge in [0, 0.05) is 26.1 Å². The van der Waals surface area contributed by atoms with Gasteiger partial charge in [0.05, 0.1) is 23.9 Å². The number of rotatable bonds is 3. The van der Waals surface area contributed by atoms with E-state index in [4.69, 9.17) is 0 Å². The van der Waals surface area contributed by atoms with E-state index in [1.54, 1.807) is 11.2 Å². The molecule has 21 heavy (non-hydrogen) atoms. The average molecular weight is 286 g/mol. The summed E-state index contributed by atoms with van der Waals surface area (Å²) in [5.41, 5.74) is 1.96. The van der Waals surface area contributed by atoms with E-state index in [-0.39, 0.29) is 18.4 Å². The molecule has 2 heterocycles. The highest BCUT2D eigenvalue weighted by Crippen LogP contribution is 2.12. The fourth-order valence-electron chi connectivity index (χ4n) is 2.58. The summed E-state index contributed by atoms with van der Waals surface area (Å²) in [4.78, 5) is 29.7. The summed E-state index contributed by atoms with van der Waals surface area (Å²) >= 11 is 0. The van der Waals surface area contributed by atoms with E-state index in [1.165, 1.54) is 0 Å². The summed E-state index contributed by atoms with van der Waals surface area (Å²) < 4.78 is 1.98. The zero-order chi connectivity index (χ0) is 14.7. The molecule has 6 nitrogen and oxygen atoms in total. The molecule has 0 saturated carbocycles.